The summed E-state index contributed by atoms with van der Waals surface area (Å²) in [6, 6.07) is 2.23. The van der Waals surface area contributed by atoms with E-state index in [1.165, 1.54) is 12.1 Å². The first-order valence-electron chi connectivity index (χ1n) is 6.25. The molecule has 2 rings (SSSR count). The number of pyridine rings is 1. The number of rotatable bonds is 3. The van der Waals surface area contributed by atoms with Crippen LogP contribution in [0.4, 0.5) is 5.82 Å². The number of halogens is 1. The van der Waals surface area contributed by atoms with E-state index in [4.69, 9.17) is 17.4 Å². The maximum absolute atomic E-state index is 12.5. The lowest BCUT2D eigenvalue weighted by atomic mass is 10.1. The van der Waals surface area contributed by atoms with Crippen molar-refractivity contribution in [2.45, 2.75) is 19.4 Å². The molecule has 112 valence electrons. The van der Waals surface area contributed by atoms with Crippen molar-refractivity contribution in [1.29, 1.82) is 0 Å². The zero-order valence-electron chi connectivity index (χ0n) is 11.2. The van der Waals surface area contributed by atoms with Gasteiger partial charge in [0.2, 0.25) is 11.8 Å². The van der Waals surface area contributed by atoms with Gasteiger partial charge in [-0.25, -0.2) is 10.8 Å². The van der Waals surface area contributed by atoms with Crippen LogP contribution in [-0.4, -0.2) is 40.2 Å². The lowest BCUT2D eigenvalue weighted by molar-refractivity contribution is -0.138. The largest absolute Gasteiger partial charge is 0.316 e. The summed E-state index contributed by atoms with van der Waals surface area (Å²) in [6.07, 6.45) is 0.372. The molecule has 3 amide bonds. The monoisotopic (exact) mass is 311 g/mol. The number of imide groups is 1. The molecule has 1 aromatic rings. The minimum absolute atomic E-state index is 0.0620. The molecular weight excluding hydrogens is 298 g/mol. The van der Waals surface area contributed by atoms with Gasteiger partial charge in [0.05, 0.1) is 5.02 Å². The van der Waals surface area contributed by atoms with Crippen molar-refractivity contribution in [1.82, 2.24) is 15.2 Å². The Labute approximate surface area is 125 Å². The van der Waals surface area contributed by atoms with Crippen LogP contribution in [0.3, 0.4) is 0 Å². The highest BCUT2D eigenvalue weighted by atomic mass is 35.5. The fraction of sp³-hybridized carbons (Fsp3) is 0.333. The Kier molecular flexibility index (Phi) is 4.39. The number of aromatic nitrogens is 1. The number of amides is 3. The molecule has 9 heteroatoms. The van der Waals surface area contributed by atoms with Crippen molar-refractivity contribution in [3.63, 3.8) is 0 Å². The third-order valence-corrected chi connectivity index (χ3v) is 3.40. The number of piperazine rings is 1. The second-order valence-electron chi connectivity index (χ2n) is 4.44. The molecule has 21 heavy (non-hydrogen) atoms. The van der Waals surface area contributed by atoms with Gasteiger partial charge in [0, 0.05) is 0 Å². The van der Waals surface area contributed by atoms with E-state index in [-0.39, 0.29) is 23.1 Å². The number of carbonyl (C=O) groups excluding carboxylic acids is 3. The fourth-order valence-corrected chi connectivity index (χ4v) is 2.28. The molecule has 4 N–H and O–H groups in total. The first kappa shape index (κ1) is 15.2. The second-order valence-corrected chi connectivity index (χ2v) is 4.85. The molecule has 2 heterocycles. The third kappa shape index (κ3) is 2.96. The maximum Gasteiger partial charge on any atom is 0.275 e. The minimum atomic E-state index is -0.734. The highest BCUT2D eigenvalue weighted by molar-refractivity contribution is 6.33. The number of anilines is 1. The van der Waals surface area contributed by atoms with Crippen LogP contribution in [0.2, 0.25) is 5.02 Å². The lowest BCUT2D eigenvalue weighted by Crippen LogP contribution is -2.59. The molecular formula is C12H14ClN5O3. The molecule has 0 aliphatic carbocycles. The van der Waals surface area contributed by atoms with Gasteiger partial charge in [-0.3, -0.25) is 19.7 Å². The Morgan fingerprint density at radius 1 is 1.57 bits per heavy atom. The van der Waals surface area contributed by atoms with Gasteiger partial charge in [0.15, 0.2) is 0 Å². The molecule has 1 aromatic heterocycles. The summed E-state index contributed by atoms with van der Waals surface area (Å²) in [6.45, 7) is 1.52. The average molecular weight is 312 g/mol. The van der Waals surface area contributed by atoms with E-state index < -0.39 is 23.8 Å². The van der Waals surface area contributed by atoms with Crippen molar-refractivity contribution in [3.8, 4) is 0 Å². The smallest absolute Gasteiger partial charge is 0.275 e. The van der Waals surface area contributed by atoms with E-state index in [2.05, 4.69) is 15.7 Å². The number of nitrogens with zero attached hydrogens (tertiary/aromatic N) is 2. The molecule has 1 aliphatic rings. The van der Waals surface area contributed by atoms with Gasteiger partial charge in [-0.05, 0) is 18.6 Å². The summed E-state index contributed by atoms with van der Waals surface area (Å²) in [5.41, 5.74) is 2.25. The van der Waals surface area contributed by atoms with Gasteiger partial charge in [-0.15, -0.1) is 0 Å². The number of carbonyl (C=O) groups is 3. The van der Waals surface area contributed by atoms with Gasteiger partial charge in [-0.2, -0.15) is 0 Å². The fourth-order valence-electron chi connectivity index (χ4n) is 2.09. The molecule has 1 fully saturated rings. The Morgan fingerprint density at radius 2 is 2.29 bits per heavy atom. The van der Waals surface area contributed by atoms with Crippen molar-refractivity contribution < 1.29 is 14.4 Å². The van der Waals surface area contributed by atoms with Crippen LogP contribution in [0, 0.1) is 0 Å². The topological polar surface area (TPSA) is 117 Å². The van der Waals surface area contributed by atoms with Gasteiger partial charge >= 0.3 is 0 Å². The first-order valence-corrected chi connectivity index (χ1v) is 6.63. The number of hydrogen-bond donors (Lipinski definition) is 3. The predicted molar refractivity (Wildman–Crippen MR) is 75.3 cm³/mol. The molecule has 1 aliphatic heterocycles. The SMILES string of the molecule is CCC1C(=O)NC(=O)CN1C(=O)c1nc(NN)ccc1Cl. The number of nitrogens with two attached hydrogens (primary N) is 1. The van der Waals surface area contributed by atoms with E-state index in [0.29, 0.717) is 6.42 Å². The summed E-state index contributed by atoms with van der Waals surface area (Å²) in [5, 5.41) is 2.31. The Hall–Kier alpha value is -2.19. The zero-order valence-corrected chi connectivity index (χ0v) is 12.0. The number of hydrazine groups is 1. The minimum Gasteiger partial charge on any atom is -0.316 e. The Balaban J connectivity index is 2.37. The standard InChI is InChI=1S/C12H14ClN5O3/c1-2-7-11(20)16-9(19)5-18(7)12(21)10-6(13)3-4-8(15-10)17-14/h3-4,7H,2,5,14H2,1H3,(H,15,17)(H,16,19,20). The summed E-state index contributed by atoms with van der Waals surface area (Å²) < 4.78 is 0. The molecule has 0 aromatic carbocycles. The van der Waals surface area contributed by atoms with Crippen LogP contribution in [0.1, 0.15) is 23.8 Å². The highest BCUT2D eigenvalue weighted by Gasteiger charge is 2.37. The van der Waals surface area contributed by atoms with Gasteiger partial charge in [0.1, 0.15) is 24.1 Å². The highest BCUT2D eigenvalue weighted by Crippen LogP contribution is 2.20. The van der Waals surface area contributed by atoms with Crippen LogP contribution < -0.4 is 16.6 Å². The van der Waals surface area contributed by atoms with Gasteiger partial charge in [-0.1, -0.05) is 18.5 Å². The van der Waals surface area contributed by atoms with Crippen LogP contribution in [0.25, 0.3) is 0 Å². The molecule has 0 spiro atoms. The molecule has 0 radical (unpaired) electrons. The van der Waals surface area contributed by atoms with E-state index in [9.17, 15) is 14.4 Å². The van der Waals surface area contributed by atoms with Crippen LogP contribution >= 0.6 is 11.6 Å². The van der Waals surface area contributed by atoms with E-state index in [1.807, 2.05) is 0 Å². The number of hydrogen-bond acceptors (Lipinski definition) is 6. The Morgan fingerprint density at radius 3 is 2.90 bits per heavy atom. The Bertz CT molecular complexity index is 607. The second kappa shape index (κ2) is 6.06. The zero-order chi connectivity index (χ0) is 15.6. The summed E-state index contributed by atoms with van der Waals surface area (Å²) >= 11 is 5.97. The van der Waals surface area contributed by atoms with Crippen molar-refractivity contribution in [3.05, 3.63) is 22.8 Å². The first-order chi connectivity index (χ1) is 9.97. The van der Waals surface area contributed by atoms with E-state index in [1.54, 1.807) is 6.92 Å². The number of nitrogens with one attached hydrogen (secondary N) is 2. The molecule has 0 bridgehead atoms. The van der Waals surface area contributed by atoms with Gasteiger partial charge < -0.3 is 10.3 Å². The van der Waals surface area contributed by atoms with Crippen molar-refractivity contribution in [2.75, 3.05) is 12.0 Å². The predicted octanol–water partition coefficient (Wildman–Crippen LogP) is -0.102. The maximum atomic E-state index is 12.5. The molecule has 8 nitrogen and oxygen atoms in total. The van der Waals surface area contributed by atoms with Crippen molar-refractivity contribution in [2.24, 2.45) is 5.84 Å². The van der Waals surface area contributed by atoms with Crippen LogP contribution in [0.15, 0.2) is 12.1 Å². The van der Waals surface area contributed by atoms with Crippen molar-refractivity contribution >= 4 is 35.1 Å². The summed E-state index contributed by atoms with van der Waals surface area (Å²) in [5.74, 6) is 3.86. The molecule has 1 atom stereocenters. The summed E-state index contributed by atoms with van der Waals surface area (Å²) in [4.78, 5) is 40.9. The normalized spacial score (nSPS) is 18.4. The lowest BCUT2D eigenvalue weighted by Gasteiger charge is -2.33. The third-order valence-electron chi connectivity index (χ3n) is 3.10. The van der Waals surface area contributed by atoms with E-state index >= 15 is 0 Å². The van der Waals surface area contributed by atoms with Crippen LogP contribution in [-0.2, 0) is 9.59 Å². The number of nitrogen functional groups attached to an aromatic ring is 1. The molecule has 1 unspecified atom stereocenters. The average Bonchev–Trinajstić information content (AvgIpc) is 2.46. The van der Waals surface area contributed by atoms with Gasteiger partial charge in [0.25, 0.3) is 5.91 Å². The van der Waals surface area contributed by atoms with E-state index in [0.717, 1.165) is 4.90 Å². The molecule has 0 saturated carbocycles. The van der Waals surface area contributed by atoms with Crippen LogP contribution in [0.5, 0.6) is 0 Å². The molecule has 1 saturated heterocycles. The quantitative estimate of drug-likeness (QED) is 0.407. The summed E-state index contributed by atoms with van der Waals surface area (Å²) in [7, 11) is 0.